The number of halogens is 3. The molecule has 2 rings (SSSR count). The Hall–Kier alpha value is -0.880. The van der Waals surface area contributed by atoms with Gasteiger partial charge in [0.1, 0.15) is 0 Å². The summed E-state index contributed by atoms with van der Waals surface area (Å²) in [6.45, 7) is 4.42. The predicted octanol–water partition coefficient (Wildman–Crippen LogP) is 3.54. The van der Waals surface area contributed by atoms with Gasteiger partial charge in [-0.3, -0.25) is 4.90 Å². The van der Waals surface area contributed by atoms with Crippen LogP contribution in [0.5, 0.6) is 0 Å². The summed E-state index contributed by atoms with van der Waals surface area (Å²) in [5, 5.41) is 0. The van der Waals surface area contributed by atoms with Gasteiger partial charge in [0.15, 0.2) is 0 Å². The van der Waals surface area contributed by atoms with E-state index in [1.807, 2.05) is 4.90 Å². The SMILES string of the molecule is FC(F)(F)c1cccc(N2CCN(CCCCS)CC2)c1. The van der Waals surface area contributed by atoms with Crippen LogP contribution in [0.1, 0.15) is 18.4 Å². The molecular weight excluding hydrogens is 297 g/mol. The van der Waals surface area contributed by atoms with Crippen LogP contribution in [-0.4, -0.2) is 43.4 Å². The molecule has 0 aromatic heterocycles. The zero-order valence-corrected chi connectivity index (χ0v) is 12.8. The summed E-state index contributed by atoms with van der Waals surface area (Å²) >= 11 is 4.19. The summed E-state index contributed by atoms with van der Waals surface area (Å²) in [5.41, 5.74) is 0.0936. The maximum absolute atomic E-state index is 12.7. The van der Waals surface area contributed by atoms with Gasteiger partial charge in [-0.15, -0.1) is 0 Å². The average molecular weight is 318 g/mol. The first kappa shape index (κ1) is 16.5. The molecule has 1 fully saturated rings. The number of benzene rings is 1. The smallest absolute Gasteiger partial charge is 0.369 e. The average Bonchev–Trinajstić information content (AvgIpc) is 2.47. The predicted molar refractivity (Wildman–Crippen MR) is 83.2 cm³/mol. The van der Waals surface area contributed by atoms with Crippen molar-refractivity contribution in [3.63, 3.8) is 0 Å². The highest BCUT2D eigenvalue weighted by atomic mass is 32.1. The molecular formula is C15H21F3N2S. The van der Waals surface area contributed by atoms with Crippen LogP contribution in [0.2, 0.25) is 0 Å². The van der Waals surface area contributed by atoms with Crippen LogP contribution in [-0.2, 0) is 6.18 Å². The lowest BCUT2D eigenvalue weighted by Crippen LogP contribution is -2.46. The molecule has 2 nitrogen and oxygen atoms in total. The molecule has 0 spiro atoms. The molecule has 0 unspecified atom stereocenters. The van der Waals surface area contributed by atoms with Gasteiger partial charge in [-0.2, -0.15) is 25.8 Å². The van der Waals surface area contributed by atoms with Crippen molar-refractivity contribution in [1.29, 1.82) is 0 Å². The van der Waals surface area contributed by atoms with Crippen molar-refractivity contribution < 1.29 is 13.2 Å². The monoisotopic (exact) mass is 318 g/mol. The van der Waals surface area contributed by atoms with E-state index in [0.717, 1.165) is 57.4 Å². The first-order chi connectivity index (χ1) is 10.0. The van der Waals surface area contributed by atoms with Gasteiger partial charge in [0.05, 0.1) is 5.56 Å². The molecule has 1 heterocycles. The van der Waals surface area contributed by atoms with Crippen LogP contribution in [0.4, 0.5) is 18.9 Å². The van der Waals surface area contributed by atoms with E-state index >= 15 is 0 Å². The molecule has 1 aliphatic rings. The molecule has 0 aliphatic carbocycles. The van der Waals surface area contributed by atoms with Gasteiger partial charge in [0.2, 0.25) is 0 Å². The van der Waals surface area contributed by atoms with E-state index in [0.29, 0.717) is 5.69 Å². The lowest BCUT2D eigenvalue weighted by atomic mass is 10.1. The maximum atomic E-state index is 12.7. The van der Waals surface area contributed by atoms with Gasteiger partial charge in [-0.05, 0) is 43.3 Å². The second-order valence-electron chi connectivity index (χ2n) is 5.31. The normalized spacial score (nSPS) is 17.2. The fourth-order valence-corrected chi connectivity index (χ4v) is 2.78. The second kappa shape index (κ2) is 7.40. The van der Waals surface area contributed by atoms with Crippen LogP contribution in [0.25, 0.3) is 0 Å². The zero-order chi connectivity index (χ0) is 15.3. The summed E-state index contributed by atoms with van der Waals surface area (Å²) in [4.78, 5) is 4.40. The number of rotatable bonds is 5. The van der Waals surface area contributed by atoms with Crippen molar-refractivity contribution in [3.05, 3.63) is 29.8 Å². The van der Waals surface area contributed by atoms with Crippen LogP contribution >= 0.6 is 12.6 Å². The quantitative estimate of drug-likeness (QED) is 0.655. The number of alkyl halides is 3. The summed E-state index contributed by atoms with van der Waals surface area (Å²) in [7, 11) is 0. The Bertz CT molecular complexity index is 443. The molecule has 118 valence electrons. The Labute approximate surface area is 129 Å². The standard InChI is InChI=1S/C15H21F3N2S/c16-15(17,18)13-4-3-5-14(12-13)20-9-7-19(8-10-20)6-1-2-11-21/h3-5,12,21H,1-2,6-11H2. The highest BCUT2D eigenvalue weighted by molar-refractivity contribution is 7.80. The Balaban J connectivity index is 1.90. The lowest BCUT2D eigenvalue weighted by molar-refractivity contribution is -0.137. The first-order valence-electron chi connectivity index (χ1n) is 7.26. The van der Waals surface area contributed by atoms with Crippen molar-refractivity contribution in [2.75, 3.05) is 43.4 Å². The van der Waals surface area contributed by atoms with Crippen LogP contribution < -0.4 is 4.90 Å². The highest BCUT2D eigenvalue weighted by Crippen LogP contribution is 2.31. The minimum Gasteiger partial charge on any atom is -0.369 e. The highest BCUT2D eigenvalue weighted by Gasteiger charge is 2.31. The van der Waals surface area contributed by atoms with Crippen LogP contribution in [0, 0.1) is 0 Å². The fraction of sp³-hybridized carbons (Fsp3) is 0.600. The zero-order valence-electron chi connectivity index (χ0n) is 11.9. The molecule has 1 aliphatic heterocycles. The molecule has 1 saturated heterocycles. The van der Waals surface area contributed by atoms with Crippen molar-refractivity contribution in [3.8, 4) is 0 Å². The third-order valence-corrected chi connectivity index (χ3v) is 4.11. The molecule has 0 bridgehead atoms. The van der Waals surface area contributed by atoms with E-state index in [9.17, 15) is 13.2 Å². The maximum Gasteiger partial charge on any atom is 0.416 e. The number of nitrogens with zero attached hydrogens (tertiary/aromatic N) is 2. The van der Waals surface area contributed by atoms with Gasteiger partial charge in [-0.25, -0.2) is 0 Å². The third kappa shape index (κ3) is 4.81. The van der Waals surface area contributed by atoms with Gasteiger partial charge in [-0.1, -0.05) is 6.07 Å². The number of hydrogen-bond acceptors (Lipinski definition) is 3. The molecule has 0 atom stereocenters. The van der Waals surface area contributed by atoms with Gasteiger partial charge < -0.3 is 4.90 Å². The summed E-state index contributed by atoms with van der Waals surface area (Å²) in [5.74, 6) is 0.907. The Morgan fingerprint density at radius 3 is 2.38 bits per heavy atom. The molecule has 6 heteroatoms. The number of hydrogen-bond donors (Lipinski definition) is 1. The number of anilines is 1. The lowest BCUT2D eigenvalue weighted by Gasteiger charge is -2.36. The van der Waals surface area contributed by atoms with Gasteiger partial charge in [0.25, 0.3) is 0 Å². The van der Waals surface area contributed by atoms with E-state index in [-0.39, 0.29) is 0 Å². The minimum absolute atomic E-state index is 0.573. The molecule has 0 amide bonds. The van der Waals surface area contributed by atoms with E-state index in [2.05, 4.69) is 17.5 Å². The molecule has 1 aromatic carbocycles. The number of thiol groups is 1. The molecule has 0 N–H and O–H groups in total. The Kier molecular flexibility index (Phi) is 5.81. The number of unbranched alkanes of at least 4 members (excludes halogenated alkanes) is 1. The largest absolute Gasteiger partial charge is 0.416 e. The summed E-state index contributed by atoms with van der Waals surface area (Å²) in [6.07, 6.45) is -2.03. The minimum atomic E-state index is -4.27. The fourth-order valence-electron chi connectivity index (χ4n) is 2.56. The van der Waals surface area contributed by atoms with E-state index in [4.69, 9.17) is 0 Å². The van der Waals surface area contributed by atoms with Crippen molar-refractivity contribution >= 4 is 18.3 Å². The molecule has 1 aromatic rings. The first-order valence-corrected chi connectivity index (χ1v) is 7.89. The number of piperazine rings is 1. The molecule has 0 saturated carbocycles. The third-order valence-electron chi connectivity index (χ3n) is 3.79. The van der Waals surface area contributed by atoms with Crippen molar-refractivity contribution in [2.45, 2.75) is 19.0 Å². The van der Waals surface area contributed by atoms with E-state index in [1.165, 1.54) is 12.1 Å². The van der Waals surface area contributed by atoms with Crippen LogP contribution in [0.15, 0.2) is 24.3 Å². The van der Waals surface area contributed by atoms with Gasteiger partial charge >= 0.3 is 6.18 Å². The molecule has 0 radical (unpaired) electrons. The molecule has 21 heavy (non-hydrogen) atoms. The summed E-state index contributed by atoms with van der Waals surface area (Å²) in [6, 6.07) is 5.61. The van der Waals surface area contributed by atoms with Crippen molar-refractivity contribution in [1.82, 2.24) is 4.90 Å². The van der Waals surface area contributed by atoms with E-state index in [1.54, 1.807) is 6.07 Å². The summed E-state index contributed by atoms with van der Waals surface area (Å²) < 4.78 is 38.2. The van der Waals surface area contributed by atoms with E-state index < -0.39 is 11.7 Å². The van der Waals surface area contributed by atoms with Crippen LogP contribution in [0.3, 0.4) is 0 Å². The van der Waals surface area contributed by atoms with Gasteiger partial charge in [0, 0.05) is 31.9 Å². The topological polar surface area (TPSA) is 6.48 Å². The Morgan fingerprint density at radius 2 is 1.76 bits per heavy atom. The second-order valence-corrected chi connectivity index (χ2v) is 5.75. The van der Waals surface area contributed by atoms with Crippen molar-refractivity contribution in [2.24, 2.45) is 0 Å². The Morgan fingerprint density at radius 1 is 1.05 bits per heavy atom.